The Morgan fingerprint density at radius 1 is 0.892 bits per heavy atom. The number of hydrogen-bond acceptors (Lipinski definition) is 6. The molecule has 1 atom stereocenters. The zero-order valence-electron chi connectivity index (χ0n) is 20.9. The third kappa shape index (κ3) is 5.42. The molecule has 1 unspecified atom stereocenters. The van der Waals surface area contributed by atoms with Crippen LogP contribution in [-0.4, -0.2) is 42.0 Å². The lowest BCUT2D eigenvalue weighted by Gasteiger charge is -2.26. The minimum Gasteiger partial charge on any atom is -0.507 e. The van der Waals surface area contributed by atoms with E-state index in [0.717, 1.165) is 5.56 Å². The summed E-state index contributed by atoms with van der Waals surface area (Å²) >= 11 is 6.41. The first-order chi connectivity index (χ1) is 17.9. The molecule has 0 saturated carbocycles. The summed E-state index contributed by atoms with van der Waals surface area (Å²) in [4.78, 5) is 28.1. The first kappa shape index (κ1) is 26.1. The second kappa shape index (κ2) is 11.4. The molecule has 0 aliphatic carbocycles. The molecule has 0 bridgehead atoms. The number of ketones is 1. The SMILES string of the molecule is CCOc1ccc(CN2C(=O)C(=O)/C(=C(/O)c3cc(OCC)ccc3Cl)C2c2ccc(OC)cc2)cc1. The number of rotatable bonds is 9. The maximum atomic E-state index is 13.4. The topological polar surface area (TPSA) is 85.3 Å². The molecule has 3 aromatic rings. The average Bonchev–Trinajstić information content (AvgIpc) is 3.15. The van der Waals surface area contributed by atoms with Crippen molar-refractivity contribution >= 4 is 29.1 Å². The van der Waals surface area contributed by atoms with Crippen molar-refractivity contribution in [3.05, 3.63) is 94.0 Å². The number of aliphatic hydroxyl groups excluding tert-OH is 1. The Balaban J connectivity index is 1.82. The molecule has 1 saturated heterocycles. The van der Waals surface area contributed by atoms with Crippen molar-refractivity contribution in [3.8, 4) is 17.2 Å². The number of halogens is 1. The van der Waals surface area contributed by atoms with Crippen LogP contribution >= 0.6 is 11.6 Å². The van der Waals surface area contributed by atoms with Crippen LogP contribution in [0.2, 0.25) is 5.02 Å². The second-order valence-electron chi connectivity index (χ2n) is 8.35. The van der Waals surface area contributed by atoms with Crippen molar-refractivity contribution in [2.75, 3.05) is 20.3 Å². The number of carbonyl (C=O) groups is 2. The summed E-state index contributed by atoms with van der Waals surface area (Å²) in [5.74, 6) is -0.0445. The Labute approximate surface area is 220 Å². The van der Waals surface area contributed by atoms with Crippen LogP contribution < -0.4 is 14.2 Å². The van der Waals surface area contributed by atoms with Gasteiger partial charge in [-0.25, -0.2) is 0 Å². The molecule has 1 heterocycles. The summed E-state index contributed by atoms with van der Waals surface area (Å²) < 4.78 is 16.3. The number of hydrogen-bond donors (Lipinski definition) is 1. The number of carbonyl (C=O) groups excluding carboxylic acids is 2. The standard InChI is InChI=1S/C29H28ClNO6/c1-4-36-21-10-6-18(7-11-21)17-31-26(19-8-12-20(35-3)13-9-19)25(28(33)29(31)34)27(32)23-16-22(37-5-2)14-15-24(23)30/h6-16,26,32H,4-5,17H2,1-3H3/b27-25+. The molecule has 8 heteroatoms. The van der Waals surface area contributed by atoms with Crippen molar-refractivity contribution < 1.29 is 28.9 Å². The van der Waals surface area contributed by atoms with Crippen molar-refractivity contribution in [2.45, 2.75) is 26.4 Å². The van der Waals surface area contributed by atoms with Gasteiger partial charge in [-0.05, 0) is 67.4 Å². The van der Waals surface area contributed by atoms with Crippen LogP contribution in [0.25, 0.3) is 5.76 Å². The van der Waals surface area contributed by atoms with Gasteiger partial charge in [0.25, 0.3) is 11.7 Å². The van der Waals surface area contributed by atoms with E-state index in [2.05, 4.69) is 0 Å². The van der Waals surface area contributed by atoms with Gasteiger partial charge in [0.05, 0.1) is 37.0 Å². The zero-order chi connectivity index (χ0) is 26.5. The Morgan fingerprint density at radius 2 is 1.49 bits per heavy atom. The molecule has 1 amide bonds. The predicted octanol–water partition coefficient (Wildman–Crippen LogP) is 5.77. The summed E-state index contributed by atoms with van der Waals surface area (Å²) in [6.45, 7) is 4.85. The fourth-order valence-corrected chi connectivity index (χ4v) is 4.52. The van der Waals surface area contributed by atoms with Gasteiger partial charge in [-0.1, -0.05) is 35.9 Å². The van der Waals surface area contributed by atoms with Gasteiger partial charge in [-0.2, -0.15) is 0 Å². The highest BCUT2D eigenvalue weighted by atomic mass is 35.5. The van der Waals surface area contributed by atoms with Crippen molar-refractivity contribution in [1.29, 1.82) is 0 Å². The molecule has 4 rings (SSSR count). The highest BCUT2D eigenvalue weighted by molar-refractivity contribution is 6.47. The Bertz CT molecular complexity index is 1320. The van der Waals surface area contributed by atoms with E-state index in [1.807, 2.05) is 38.1 Å². The molecule has 1 aliphatic rings. The summed E-state index contributed by atoms with van der Waals surface area (Å²) in [5.41, 5.74) is 1.62. The maximum Gasteiger partial charge on any atom is 0.295 e. The van der Waals surface area contributed by atoms with E-state index in [9.17, 15) is 14.7 Å². The molecule has 0 spiro atoms. The predicted molar refractivity (Wildman–Crippen MR) is 141 cm³/mol. The van der Waals surface area contributed by atoms with Crippen molar-refractivity contribution in [3.63, 3.8) is 0 Å². The molecule has 0 aromatic heterocycles. The minimum absolute atomic E-state index is 0.0448. The second-order valence-corrected chi connectivity index (χ2v) is 8.76. The third-order valence-corrected chi connectivity index (χ3v) is 6.39. The largest absolute Gasteiger partial charge is 0.507 e. The first-order valence-corrected chi connectivity index (χ1v) is 12.3. The van der Waals surface area contributed by atoms with Gasteiger partial charge in [-0.3, -0.25) is 9.59 Å². The van der Waals surface area contributed by atoms with Gasteiger partial charge in [0.2, 0.25) is 0 Å². The molecular weight excluding hydrogens is 494 g/mol. The van der Waals surface area contributed by atoms with E-state index in [0.29, 0.717) is 36.0 Å². The van der Waals surface area contributed by atoms with Crippen LogP contribution in [0.5, 0.6) is 17.2 Å². The summed E-state index contributed by atoms with van der Waals surface area (Å²) in [5, 5.41) is 11.6. The number of methoxy groups -OCH3 is 1. The molecule has 3 aromatic carbocycles. The monoisotopic (exact) mass is 521 g/mol. The summed E-state index contributed by atoms with van der Waals surface area (Å²) in [6.07, 6.45) is 0. The van der Waals surface area contributed by atoms with Gasteiger partial charge in [-0.15, -0.1) is 0 Å². The Kier molecular flexibility index (Phi) is 8.04. The highest BCUT2D eigenvalue weighted by Gasteiger charge is 2.46. The van der Waals surface area contributed by atoms with E-state index < -0.39 is 17.7 Å². The van der Waals surface area contributed by atoms with E-state index in [-0.39, 0.29) is 28.5 Å². The Hall–Kier alpha value is -3.97. The Morgan fingerprint density at radius 3 is 2.11 bits per heavy atom. The van der Waals surface area contributed by atoms with Crippen LogP contribution in [-0.2, 0) is 16.1 Å². The minimum atomic E-state index is -0.843. The van der Waals surface area contributed by atoms with E-state index >= 15 is 0 Å². The summed E-state index contributed by atoms with van der Waals surface area (Å²) in [6, 6.07) is 18.3. The lowest BCUT2D eigenvalue weighted by molar-refractivity contribution is -0.140. The lowest BCUT2D eigenvalue weighted by Crippen LogP contribution is -2.29. The summed E-state index contributed by atoms with van der Waals surface area (Å²) in [7, 11) is 1.56. The quantitative estimate of drug-likeness (QED) is 0.219. The van der Waals surface area contributed by atoms with E-state index in [4.69, 9.17) is 25.8 Å². The smallest absolute Gasteiger partial charge is 0.295 e. The number of aliphatic hydroxyl groups is 1. The zero-order valence-corrected chi connectivity index (χ0v) is 21.6. The van der Waals surface area contributed by atoms with Gasteiger partial charge in [0.15, 0.2) is 0 Å². The third-order valence-electron chi connectivity index (χ3n) is 6.06. The number of Topliss-reactive ketones (excluding diaryl/α,β-unsaturated/α-hetero) is 1. The molecule has 1 fully saturated rings. The average molecular weight is 522 g/mol. The van der Waals surface area contributed by atoms with Crippen molar-refractivity contribution in [2.24, 2.45) is 0 Å². The van der Waals surface area contributed by atoms with Crippen molar-refractivity contribution in [1.82, 2.24) is 4.90 Å². The lowest BCUT2D eigenvalue weighted by atomic mass is 9.95. The maximum absolute atomic E-state index is 13.4. The van der Waals surface area contributed by atoms with Gasteiger partial charge >= 0.3 is 0 Å². The molecule has 0 radical (unpaired) electrons. The molecule has 7 nitrogen and oxygen atoms in total. The number of ether oxygens (including phenoxy) is 3. The number of nitrogens with zero attached hydrogens (tertiary/aromatic N) is 1. The number of benzene rings is 3. The molecule has 192 valence electrons. The van der Waals surface area contributed by atoms with Crippen LogP contribution in [0.3, 0.4) is 0 Å². The van der Waals surface area contributed by atoms with Crippen LogP contribution in [0.15, 0.2) is 72.3 Å². The van der Waals surface area contributed by atoms with Gasteiger partial charge < -0.3 is 24.2 Å². The molecule has 1 aliphatic heterocycles. The van der Waals surface area contributed by atoms with Crippen LogP contribution in [0.4, 0.5) is 0 Å². The number of likely N-dealkylation sites (tertiary alicyclic amines) is 1. The number of amides is 1. The first-order valence-electron chi connectivity index (χ1n) is 11.9. The van der Waals surface area contributed by atoms with E-state index in [1.165, 1.54) is 4.90 Å². The normalized spacial score (nSPS) is 16.6. The molecule has 37 heavy (non-hydrogen) atoms. The molecule has 1 N–H and O–H groups in total. The highest BCUT2D eigenvalue weighted by Crippen LogP contribution is 2.42. The fraction of sp³-hybridized carbons (Fsp3) is 0.241. The van der Waals surface area contributed by atoms with Gasteiger partial charge in [0, 0.05) is 12.1 Å². The molecular formula is C29H28ClNO6. The van der Waals surface area contributed by atoms with Crippen LogP contribution in [0.1, 0.15) is 36.6 Å². The van der Waals surface area contributed by atoms with Crippen LogP contribution in [0, 0.1) is 0 Å². The van der Waals surface area contributed by atoms with Gasteiger partial charge in [0.1, 0.15) is 23.0 Å². The van der Waals surface area contributed by atoms with E-state index in [1.54, 1.807) is 49.6 Å². The fourth-order valence-electron chi connectivity index (χ4n) is 4.32.